The fourth-order valence-electron chi connectivity index (χ4n) is 3.95. The van der Waals surface area contributed by atoms with Crippen LogP contribution >= 0.6 is 27.7 Å². The minimum atomic E-state index is -0.610. The van der Waals surface area contributed by atoms with Crippen molar-refractivity contribution in [3.63, 3.8) is 0 Å². The number of Topliss-reactive ketones (excluding diaryl/α,β-unsaturated/α-hetero) is 1. The molecule has 29 heavy (non-hydrogen) atoms. The zero-order valence-electron chi connectivity index (χ0n) is 15.3. The highest BCUT2D eigenvalue weighted by molar-refractivity contribution is 9.10. The molecule has 1 saturated carbocycles. The van der Waals surface area contributed by atoms with Crippen molar-refractivity contribution in [3.05, 3.63) is 52.3 Å². The summed E-state index contributed by atoms with van der Waals surface area (Å²) in [6.07, 6.45) is 3.29. The number of nitro benzene ring substituents is 1. The van der Waals surface area contributed by atoms with E-state index in [-0.39, 0.29) is 28.2 Å². The van der Waals surface area contributed by atoms with Crippen molar-refractivity contribution < 1.29 is 19.2 Å². The van der Waals surface area contributed by atoms with Crippen molar-refractivity contribution in [2.24, 2.45) is 11.8 Å². The third-order valence-corrected chi connectivity index (χ3v) is 8.52. The lowest BCUT2D eigenvalue weighted by atomic mass is 9.70. The summed E-state index contributed by atoms with van der Waals surface area (Å²) in [5.41, 5.74) is 0.612. The first-order valence-corrected chi connectivity index (χ1v) is 10.7. The maximum atomic E-state index is 13.0. The van der Waals surface area contributed by atoms with E-state index < -0.39 is 27.5 Å². The molecule has 1 aromatic heterocycles. The van der Waals surface area contributed by atoms with Gasteiger partial charge in [-0.05, 0) is 24.6 Å². The molecule has 2 unspecified atom stereocenters. The Balaban J connectivity index is 1.50. The van der Waals surface area contributed by atoms with E-state index in [4.69, 9.17) is 4.74 Å². The number of alkyl halides is 1. The molecule has 0 N–H and O–H groups in total. The van der Waals surface area contributed by atoms with Crippen LogP contribution in [-0.2, 0) is 27.5 Å². The number of nitrogens with zero attached hydrogens (tertiary/aromatic N) is 4. The van der Waals surface area contributed by atoms with Gasteiger partial charge >= 0.3 is 5.97 Å². The van der Waals surface area contributed by atoms with Crippen molar-refractivity contribution >= 4 is 45.1 Å². The van der Waals surface area contributed by atoms with Gasteiger partial charge in [0.05, 0.1) is 28.4 Å². The van der Waals surface area contributed by atoms with E-state index in [2.05, 4.69) is 26.2 Å². The Hall–Kier alpha value is -2.27. The molecule has 2 fully saturated rings. The van der Waals surface area contributed by atoms with Gasteiger partial charge < -0.3 is 4.74 Å². The number of rotatable bonds is 6. The third-order valence-electron chi connectivity index (χ3n) is 5.40. The Kier molecular flexibility index (Phi) is 5.19. The topological polar surface area (TPSA) is 117 Å². The summed E-state index contributed by atoms with van der Waals surface area (Å²) in [6, 6.07) is 5.83. The molecule has 2 aliphatic rings. The van der Waals surface area contributed by atoms with Crippen molar-refractivity contribution in [1.29, 1.82) is 0 Å². The van der Waals surface area contributed by atoms with Crippen molar-refractivity contribution in [3.8, 4) is 0 Å². The first-order valence-electron chi connectivity index (χ1n) is 8.90. The Morgan fingerprint density at radius 3 is 2.76 bits per heavy atom. The van der Waals surface area contributed by atoms with Crippen LogP contribution in [0.1, 0.15) is 12.5 Å². The highest BCUT2D eigenvalue weighted by Gasteiger charge is 2.66. The largest absolute Gasteiger partial charge is 0.461 e. The van der Waals surface area contributed by atoms with E-state index >= 15 is 0 Å². The summed E-state index contributed by atoms with van der Waals surface area (Å²) in [6.45, 7) is 2.36. The predicted molar refractivity (Wildman–Crippen MR) is 107 cm³/mol. The predicted octanol–water partition coefficient (Wildman–Crippen LogP) is 2.38. The summed E-state index contributed by atoms with van der Waals surface area (Å²) in [4.78, 5) is 35.5. The van der Waals surface area contributed by atoms with E-state index in [0.717, 1.165) is 0 Å². The Morgan fingerprint density at radius 2 is 2.14 bits per heavy atom. The van der Waals surface area contributed by atoms with Gasteiger partial charge in [-0.1, -0.05) is 21.1 Å². The minimum Gasteiger partial charge on any atom is -0.461 e. The number of thioether (sulfide) groups is 1. The molecule has 1 saturated heterocycles. The number of fused-ring (bicyclic) bond motifs is 1. The number of non-ortho nitro benzene ring substituents is 1. The van der Waals surface area contributed by atoms with Gasteiger partial charge in [-0.15, -0.1) is 16.9 Å². The van der Waals surface area contributed by atoms with Gasteiger partial charge in [0.1, 0.15) is 6.61 Å². The normalized spacial score (nSPS) is 30.5. The zero-order valence-corrected chi connectivity index (χ0v) is 17.7. The van der Waals surface area contributed by atoms with Gasteiger partial charge in [0.2, 0.25) is 0 Å². The van der Waals surface area contributed by atoms with Gasteiger partial charge in [0, 0.05) is 34.2 Å². The fourth-order valence-corrected chi connectivity index (χ4v) is 6.82. The Bertz CT molecular complexity index is 954. The number of benzene rings is 1. The third kappa shape index (κ3) is 3.57. The minimum absolute atomic E-state index is 0.00736. The van der Waals surface area contributed by atoms with Crippen LogP contribution in [0.2, 0.25) is 0 Å². The molecule has 1 aliphatic heterocycles. The molecule has 0 radical (unpaired) electrons. The quantitative estimate of drug-likeness (QED) is 0.267. The van der Waals surface area contributed by atoms with E-state index in [1.54, 1.807) is 41.0 Å². The van der Waals surface area contributed by atoms with Crippen LogP contribution in [-0.4, -0.2) is 46.5 Å². The van der Waals surface area contributed by atoms with E-state index in [9.17, 15) is 19.7 Å². The Morgan fingerprint density at radius 1 is 1.41 bits per heavy atom. The maximum absolute atomic E-state index is 13.0. The molecule has 152 valence electrons. The summed E-state index contributed by atoms with van der Waals surface area (Å²) in [5, 5.41) is 18.6. The van der Waals surface area contributed by atoms with Crippen molar-refractivity contribution in [2.45, 2.75) is 34.9 Å². The molecule has 2 heterocycles. The summed E-state index contributed by atoms with van der Waals surface area (Å²) >= 11 is 5.02. The second-order valence-electron chi connectivity index (χ2n) is 7.33. The molecule has 1 aliphatic carbocycles. The van der Waals surface area contributed by atoms with Gasteiger partial charge in [-0.3, -0.25) is 24.4 Å². The lowest BCUT2D eigenvalue weighted by molar-refractivity contribution is -0.384. The highest BCUT2D eigenvalue weighted by Crippen LogP contribution is 2.60. The number of ether oxygens (including phenoxy) is 1. The summed E-state index contributed by atoms with van der Waals surface area (Å²) in [7, 11) is 0. The first-order chi connectivity index (χ1) is 13.8. The molecular formula is C18H17BrN4O5S. The average Bonchev–Trinajstić information content (AvgIpc) is 3.30. The van der Waals surface area contributed by atoms with Crippen LogP contribution in [0, 0.1) is 22.0 Å². The number of hydrogen-bond acceptors (Lipinski definition) is 8. The molecule has 2 aromatic rings. The van der Waals surface area contributed by atoms with Gasteiger partial charge in [0.25, 0.3) is 5.69 Å². The van der Waals surface area contributed by atoms with Gasteiger partial charge in [-0.25, -0.2) is 0 Å². The van der Waals surface area contributed by atoms with E-state index in [1.807, 2.05) is 6.92 Å². The average molecular weight is 481 g/mol. The van der Waals surface area contributed by atoms with Crippen LogP contribution in [0.25, 0.3) is 0 Å². The van der Waals surface area contributed by atoms with Crippen molar-refractivity contribution in [1.82, 2.24) is 15.0 Å². The number of halogens is 1. The standard InChI is InChI=1S/C18H17BrN4O5S/c1-18(9-22-7-6-20-21-22)13(12-15(24)14(19)16(12)29-18)17(25)28-8-10-2-4-11(5-3-10)23(26)27/h2-7,12-14,16H,8-9H2,1H3/t12?,13-,14-,16?,18-/m0/s1. The lowest BCUT2D eigenvalue weighted by Crippen LogP contribution is -2.54. The molecule has 1 aromatic carbocycles. The highest BCUT2D eigenvalue weighted by atomic mass is 79.9. The first kappa shape index (κ1) is 20.0. The van der Waals surface area contributed by atoms with E-state index in [0.29, 0.717) is 12.1 Å². The number of esters is 1. The van der Waals surface area contributed by atoms with E-state index in [1.165, 1.54) is 12.1 Å². The molecule has 9 nitrogen and oxygen atoms in total. The second kappa shape index (κ2) is 7.52. The second-order valence-corrected chi connectivity index (χ2v) is 10.0. The Labute approximate surface area is 178 Å². The smallest absolute Gasteiger partial charge is 0.311 e. The lowest BCUT2D eigenvalue weighted by Gasteiger charge is -2.36. The number of ketones is 1. The molecule has 0 spiro atoms. The molecular weight excluding hydrogens is 464 g/mol. The van der Waals surface area contributed by atoms with Crippen LogP contribution < -0.4 is 0 Å². The SMILES string of the molecule is C[C@@]1(Cn2ccnn2)SC2C(C(=O)[C@@H]2Br)[C@H]1C(=O)OCc1ccc([N+](=O)[O-])cc1. The zero-order chi connectivity index (χ0) is 20.8. The maximum Gasteiger partial charge on any atom is 0.311 e. The number of nitro groups is 1. The van der Waals surface area contributed by atoms with Crippen LogP contribution in [0.3, 0.4) is 0 Å². The number of aromatic nitrogens is 3. The number of carbonyl (C=O) groups excluding carboxylic acids is 2. The molecule has 0 bridgehead atoms. The van der Waals surface area contributed by atoms with Crippen LogP contribution in [0.4, 0.5) is 5.69 Å². The van der Waals surface area contributed by atoms with Gasteiger partial charge in [-0.2, -0.15) is 0 Å². The van der Waals surface area contributed by atoms with Crippen LogP contribution in [0.15, 0.2) is 36.7 Å². The van der Waals surface area contributed by atoms with Crippen molar-refractivity contribution in [2.75, 3.05) is 0 Å². The summed E-state index contributed by atoms with van der Waals surface area (Å²) < 4.78 is 6.61. The number of carbonyl (C=O) groups is 2. The van der Waals surface area contributed by atoms with Gasteiger partial charge in [0.15, 0.2) is 5.78 Å². The molecule has 0 amide bonds. The number of hydrogen-bond donors (Lipinski definition) is 0. The molecule has 11 heteroatoms. The monoisotopic (exact) mass is 480 g/mol. The summed E-state index contributed by atoms with van der Waals surface area (Å²) in [5.74, 6) is -1.44. The molecule has 5 atom stereocenters. The van der Waals surface area contributed by atoms with Crippen LogP contribution in [0.5, 0.6) is 0 Å². The fraction of sp³-hybridized carbons (Fsp3) is 0.444. The molecule has 4 rings (SSSR count).